The van der Waals surface area contributed by atoms with Crippen molar-refractivity contribution in [2.45, 2.75) is 20.8 Å². The van der Waals surface area contributed by atoms with E-state index in [1.54, 1.807) is 36.4 Å². The van der Waals surface area contributed by atoms with Gasteiger partial charge in [0.1, 0.15) is 5.75 Å². The van der Waals surface area contributed by atoms with Gasteiger partial charge in [-0.3, -0.25) is 4.79 Å². The predicted molar refractivity (Wildman–Crippen MR) is 107 cm³/mol. The van der Waals surface area contributed by atoms with Crippen molar-refractivity contribution in [3.05, 3.63) is 59.3 Å². The van der Waals surface area contributed by atoms with Gasteiger partial charge in [-0.1, -0.05) is 18.2 Å². The van der Waals surface area contributed by atoms with Crippen molar-refractivity contribution in [2.24, 2.45) is 4.99 Å². The first-order chi connectivity index (χ1) is 14.0. The molecular weight excluding hydrogens is 374 g/mol. The van der Waals surface area contributed by atoms with Gasteiger partial charge in [-0.2, -0.15) is 0 Å². The van der Waals surface area contributed by atoms with Crippen LogP contribution in [0.2, 0.25) is 0 Å². The molecule has 0 amide bonds. The van der Waals surface area contributed by atoms with Crippen LogP contribution in [0.3, 0.4) is 0 Å². The zero-order chi connectivity index (χ0) is 20.8. The second-order valence-electron chi connectivity index (χ2n) is 6.00. The highest BCUT2D eigenvalue weighted by Gasteiger charge is 2.26. The number of rotatable bonds is 7. The standard InChI is InChI=1S/C22H21NO6/c1-4-26-18-9-7-6-8-16(18)21-23-17(22(25)29-21)12-15-10-11-19(28-14(3)24)20(13-15)27-5-2/h6-13H,4-5H2,1-3H3/b17-12-. The fourth-order valence-electron chi connectivity index (χ4n) is 2.73. The van der Waals surface area contributed by atoms with Crippen molar-refractivity contribution in [2.75, 3.05) is 13.2 Å². The number of nitrogens with zero attached hydrogens (tertiary/aromatic N) is 1. The van der Waals surface area contributed by atoms with Gasteiger partial charge in [0.05, 0.1) is 18.8 Å². The van der Waals surface area contributed by atoms with Gasteiger partial charge in [-0.05, 0) is 49.8 Å². The fraction of sp³-hybridized carbons (Fsp3) is 0.227. The average Bonchev–Trinajstić information content (AvgIpc) is 3.05. The van der Waals surface area contributed by atoms with E-state index in [-0.39, 0.29) is 11.6 Å². The Morgan fingerprint density at radius 3 is 2.48 bits per heavy atom. The van der Waals surface area contributed by atoms with Crippen LogP contribution < -0.4 is 14.2 Å². The lowest BCUT2D eigenvalue weighted by atomic mass is 10.1. The van der Waals surface area contributed by atoms with E-state index in [1.165, 1.54) is 6.92 Å². The third-order valence-corrected chi connectivity index (χ3v) is 3.86. The van der Waals surface area contributed by atoms with E-state index in [4.69, 9.17) is 18.9 Å². The summed E-state index contributed by atoms with van der Waals surface area (Å²) in [6.45, 7) is 5.89. The van der Waals surface area contributed by atoms with Crippen molar-refractivity contribution in [3.8, 4) is 17.2 Å². The summed E-state index contributed by atoms with van der Waals surface area (Å²) in [5, 5.41) is 0. The summed E-state index contributed by atoms with van der Waals surface area (Å²) in [4.78, 5) is 27.9. The van der Waals surface area contributed by atoms with Gasteiger partial charge >= 0.3 is 11.9 Å². The molecule has 0 aliphatic carbocycles. The topological polar surface area (TPSA) is 83.4 Å². The number of aliphatic imine (C=N–C) groups is 1. The molecule has 0 saturated heterocycles. The Labute approximate surface area is 168 Å². The number of benzene rings is 2. The van der Waals surface area contributed by atoms with E-state index < -0.39 is 11.9 Å². The molecule has 0 radical (unpaired) electrons. The molecule has 0 spiro atoms. The van der Waals surface area contributed by atoms with Crippen molar-refractivity contribution in [1.82, 2.24) is 0 Å². The first-order valence-corrected chi connectivity index (χ1v) is 9.21. The second-order valence-corrected chi connectivity index (χ2v) is 6.00. The Hall–Kier alpha value is -3.61. The van der Waals surface area contributed by atoms with E-state index in [0.29, 0.717) is 41.6 Å². The number of carbonyl (C=O) groups is 2. The summed E-state index contributed by atoms with van der Waals surface area (Å²) in [5.41, 5.74) is 1.40. The largest absolute Gasteiger partial charge is 0.493 e. The third-order valence-electron chi connectivity index (χ3n) is 3.86. The van der Waals surface area contributed by atoms with Crippen LogP contribution in [-0.2, 0) is 14.3 Å². The molecule has 2 aromatic carbocycles. The zero-order valence-corrected chi connectivity index (χ0v) is 16.4. The molecule has 0 fully saturated rings. The van der Waals surface area contributed by atoms with Gasteiger partial charge in [0.15, 0.2) is 17.2 Å². The predicted octanol–water partition coefficient (Wildman–Crippen LogP) is 3.75. The summed E-state index contributed by atoms with van der Waals surface area (Å²) in [6.07, 6.45) is 1.58. The van der Waals surface area contributed by atoms with Crippen LogP contribution in [0.5, 0.6) is 17.2 Å². The van der Waals surface area contributed by atoms with Gasteiger partial charge in [0, 0.05) is 6.92 Å². The molecular formula is C22H21NO6. The summed E-state index contributed by atoms with van der Waals surface area (Å²) < 4.78 is 21.6. The van der Waals surface area contributed by atoms with Gasteiger partial charge < -0.3 is 18.9 Å². The first-order valence-electron chi connectivity index (χ1n) is 9.21. The highest BCUT2D eigenvalue weighted by molar-refractivity contribution is 6.13. The Bertz CT molecular complexity index is 993. The van der Waals surface area contributed by atoms with Crippen LogP contribution in [0.4, 0.5) is 0 Å². The van der Waals surface area contributed by atoms with E-state index in [2.05, 4.69) is 4.99 Å². The average molecular weight is 395 g/mol. The Morgan fingerprint density at radius 1 is 1.03 bits per heavy atom. The third kappa shape index (κ3) is 4.82. The molecule has 0 saturated carbocycles. The van der Waals surface area contributed by atoms with Crippen LogP contribution in [0, 0.1) is 0 Å². The molecule has 1 heterocycles. The quantitative estimate of drug-likeness (QED) is 0.403. The molecule has 0 aromatic heterocycles. The summed E-state index contributed by atoms with van der Waals surface area (Å²) in [5.74, 6) is 0.477. The number of hydrogen-bond acceptors (Lipinski definition) is 7. The van der Waals surface area contributed by atoms with Crippen molar-refractivity contribution < 1.29 is 28.5 Å². The minimum Gasteiger partial charge on any atom is -0.493 e. The van der Waals surface area contributed by atoms with E-state index in [1.807, 2.05) is 26.0 Å². The molecule has 29 heavy (non-hydrogen) atoms. The molecule has 2 aromatic rings. The highest BCUT2D eigenvalue weighted by atomic mass is 16.6. The molecule has 1 aliphatic rings. The Morgan fingerprint density at radius 2 is 1.76 bits per heavy atom. The molecule has 150 valence electrons. The Balaban J connectivity index is 1.93. The second kappa shape index (κ2) is 9.05. The van der Waals surface area contributed by atoms with Crippen molar-refractivity contribution in [3.63, 3.8) is 0 Å². The SMILES string of the molecule is CCOc1cc(/C=C2\N=C(c3ccccc3OCC)OC2=O)ccc1OC(C)=O. The highest BCUT2D eigenvalue weighted by Crippen LogP contribution is 2.31. The van der Waals surface area contributed by atoms with Crippen LogP contribution in [0.15, 0.2) is 53.2 Å². The van der Waals surface area contributed by atoms with Gasteiger partial charge in [-0.25, -0.2) is 9.79 Å². The lowest BCUT2D eigenvalue weighted by Crippen LogP contribution is -2.07. The molecule has 0 unspecified atom stereocenters. The smallest absolute Gasteiger partial charge is 0.363 e. The molecule has 7 heteroatoms. The first kappa shape index (κ1) is 20.1. The van der Waals surface area contributed by atoms with Gasteiger partial charge in [0.2, 0.25) is 5.90 Å². The number of para-hydroxylation sites is 1. The van der Waals surface area contributed by atoms with Gasteiger partial charge in [-0.15, -0.1) is 0 Å². The van der Waals surface area contributed by atoms with E-state index >= 15 is 0 Å². The lowest BCUT2D eigenvalue weighted by Gasteiger charge is -2.10. The maximum atomic E-state index is 12.3. The molecule has 0 bridgehead atoms. The van der Waals surface area contributed by atoms with Crippen LogP contribution >= 0.6 is 0 Å². The van der Waals surface area contributed by atoms with E-state index in [9.17, 15) is 9.59 Å². The monoisotopic (exact) mass is 395 g/mol. The number of hydrogen-bond donors (Lipinski definition) is 0. The van der Waals surface area contributed by atoms with Crippen LogP contribution in [0.25, 0.3) is 6.08 Å². The van der Waals surface area contributed by atoms with Crippen molar-refractivity contribution in [1.29, 1.82) is 0 Å². The minimum absolute atomic E-state index is 0.147. The molecule has 3 rings (SSSR count). The van der Waals surface area contributed by atoms with Crippen molar-refractivity contribution >= 4 is 23.9 Å². The van der Waals surface area contributed by atoms with Crippen LogP contribution in [-0.4, -0.2) is 31.1 Å². The normalized spacial score (nSPS) is 14.4. The zero-order valence-electron chi connectivity index (χ0n) is 16.4. The maximum absolute atomic E-state index is 12.3. The summed E-state index contributed by atoms with van der Waals surface area (Å²) in [7, 11) is 0. The fourth-order valence-corrected chi connectivity index (χ4v) is 2.73. The Kier molecular flexibility index (Phi) is 6.29. The number of cyclic esters (lactones) is 1. The lowest BCUT2D eigenvalue weighted by molar-refractivity contribution is -0.132. The summed E-state index contributed by atoms with van der Waals surface area (Å²) in [6, 6.07) is 12.2. The molecule has 1 aliphatic heterocycles. The minimum atomic E-state index is -0.562. The number of esters is 2. The molecule has 7 nitrogen and oxygen atoms in total. The van der Waals surface area contributed by atoms with Crippen LogP contribution in [0.1, 0.15) is 31.9 Å². The maximum Gasteiger partial charge on any atom is 0.363 e. The number of ether oxygens (including phenoxy) is 4. The van der Waals surface area contributed by atoms with E-state index in [0.717, 1.165) is 0 Å². The number of carbonyl (C=O) groups excluding carboxylic acids is 2. The molecule has 0 atom stereocenters. The molecule has 0 N–H and O–H groups in total. The van der Waals surface area contributed by atoms with Gasteiger partial charge in [0.25, 0.3) is 0 Å². The summed E-state index contributed by atoms with van der Waals surface area (Å²) >= 11 is 0.